The van der Waals surface area contributed by atoms with Crippen molar-refractivity contribution in [2.24, 2.45) is 23.7 Å². The molecule has 2 saturated carbocycles. The number of hydrogen-bond acceptors (Lipinski definition) is 2. The molecule has 4 bridgehead atoms. The van der Waals surface area contributed by atoms with Gasteiger partial charge in [-0.15, -0.1) is 0 Å². The number of amides is 1. The fourth-order valence-corrected chi connectivity index (χ4v) is 7.13. The van der Waals surface area contributed by atoms with Gasteiger partial charge in [0, 0.05) is 31.1 Å². The molecule has 3 saturated heterocycles. The van der Waals surface area contributed by atoms with Crippen LogP contribution in [0.2, 0.25) is 0 Å². The third kappa shape index (κ3) is 2.91. The van der Waals surface area contributed by atoms with E-state index >= 15 is 0 Å². The van der Waals surface area contributed by atoms with Gasteiger partial charge in [0.05, 0.1) is 0 Å². The molecule has 1 amide bonds. The summed E-state index contributed by atoms with van der Waals surface area (Å²) in [6.45, 7) is 1.04. The fourth-order valence-electron chi connectivity index (χ4n) is 7.13. The zero-order valence-electron chi connectivity index (χ0n) is 15.1. The van der Waals surface area contributed by atoms with Gasteiger partial charge >= 0.3 is 0 Å². The number of rotatable bonds is 4. The summed E-state index contributed by atoms with van der Waals surface area (Å²) in [5.74, 6) is 4.13. The van der Waals surface area contributed by atoms with E-state index in [0.29, 0.717) is 30.0 Å². The van der Waals surface area contributed by atoms with Gasteiger partial charge in [0.2, 0.25) is 5.91 Å². The molecule has 0 aromatic rings. The lowest BCUT2D eigenvalue weighted by Gasteiger charge is -2.33. The molecule has 6 atom stereocenters. The lowest BCUT2D eigenvalue weighted by atomic mass is 9.83. The van der Waals surface area contributed by atoms with E-state index in [4.69, 9.17) is 0 Å². The molecule has 24 heavy (non-hydrogen) atoms. The highest BCUT2D eigenvalue weighted by Crippen LogP contribution is 2.50. The maximum Gasteiger partial charge on any atom is 0.223 e. The fraction of sp³-hybridized carbons (Fsp3) is 0.952. The molecule has 0 radical (unpaired) electrons. The average Bonchev–Trinajstić information content (AvgIpc) is 3.32. The van der Waals surface area contributed by atoms with Crippen LogP contribution in [0.25, 0.3) is 0 Å². The zero-order valence-corrected chi connectivity index (χ0v) is 15.1. The van der Waals surface area contributed by atoms with Gasteiger partial charge in [-0.1, -0.05) is 6.42 Å². The second-order valence-electron chi connectivity index (χ2n) is 9.73. The van der Waals surface area contributed by atoms with E-state index in [-0.39, 0.29) is 0 Å². The van der Waals surface area contributed by atoms with Crippen molar-refractivity contribution < 1.29 is 4.79 Å². The zero-order chi connectivity index (χ0) is 16.1. The number of piperidine rings is 1. The second kappa shape index (κ2) is 6.30. The molecule has 3 nitrogen and oxygen atoms in total. The van der Waals surface area contributed by atoms with E-state index in [1.807, 2.05) is 0 Å². The van der Waals surface area contributed by atoms with E-state index in [1.165, 1.54) is 70.6 Å². The van der Waals surface area contributed by atoms with Crippen LogP contribution in [0.3, 0.4) is 0 Å². The standard InChI is InChI=1S/C21H34N2O/c24-21(12-15-10-18-5-6-19(11-15)22-18)23-7-1-2-20(23)13-17-9-14-3-4-16(17)8-14/h14-20,22H,1-13H2. The predicted molar refractivity (Wildman–Crippen MR) is 95.6 cm³/mol. The van der Waals surface area contributed by atoms with Crippen LogP contribution in [0.5, 0.6) is 0 Å². The maximum atomic E-state index is 13.0. The lowest BCUT2D eigenvalue weighted by Crippen LogP contribution is -2.42. The van der Waals surface area contributed by atoms with E-state index in [1.54, 1.807) is 0 Å². The molecule has 2 aliphatic carbocycles. The molecule has 6 unspecified atom stereocenters. The van der Waals surface area contributed by atoms with Gasteiger partial charge in [0.25, 0.3) is 0 Å². The third-order valence-electron chi connectivity index (χ3n) is 8.19. The van der Waals surface area contributed by atoms with Crippen molar-refractivity contribution in [3.05, 3.63) is 0 Å². The van der Waals surface area contributed by atoms with Crippen LogP contribution >= 0.6 is 0 Å². The molecule has 5 aliphatic rings. The van der Waals surface area contributed by atoms with Crippen molar-refractivity contribution in [1.29, 1.82) is 0 Å². The summed E-state index contributed by atoms with van der Waals surface area (Å²) < 4.78 is 0. The first kappa shape index (κ1) is 15.7. The van der Waals surface area contributed by atoms with E-state index in [2.05, 4.69) is 10.2 Å². The molecule has 3 heteroatoms. The summed E-state index contributed by atoms with van der Waals surface area (Å²) in [4.78, 5) is 15.3. The third-order valence-corrected chi connectivity index (χ3v) is 8.19. The molecule has 5 fully saturated rings. The van der Waals surface area contributed by atoms with Gasteiger partial charge in [0.1, 0.15) is 0 Å². The highest BCUT2D eigenvalue weighted by Gasteiger charge is 2.42. The first-order valence-corrected chi connectivity index (χ1v) is 10.8. The minimum atomic E-state index is 0.493. The summed E-state index contributed by atoms with van der Waals surface area (Å²) in [7, 11) is 0. The summed E-state index contributed by atoms with van der Waals surface area (Å²) in [5, 5.41) is 3.71. The molecule has 1 N–H and O–H groups in total. The molecule has 0 aromatic carbocycles. The Kier molecular flexibility index (Phi) is 4.11. The Balaban J connectivity index is 1.17. The number of nitrogens with one attached hydrogen (secondary N) is 1. The van der Waals surface area contributed by atoms with Crippen molar-refractivity contribution in [3.8, 4) is 0 Å². The summed E-state index contributed by atoms with van der Waals surface area (Å²) >= 11 is 0. The Morgan fingerprint density at radius 3 is 2.50 bits per heavy atom. The Morgan fingerprint density at radius 1 is 0.958 bits per heavy atom. The monoisotopic (exact) mass is 330 g/mol. The van der Waals surface area contributed by atoms with Gasteiger partial charge in [-0.2, -0.15) is 0 Å². The average molecular weight is 331 g/mol. The minimum Gasteiger partial charge on any atom is -0.340 e. The van der Waals surface area contributed by atoms with Crippen molar-refractivity contribution in [1.82, 2.24) is 10.2 Å². The first-order valence-electron chi connectivity index (χ1n) is 10.8. The molecule has 5 rings (SSSR count). The largest absolute Gasteiger partial charge is 0.340 e. The quantitative estimate of drug-likeness (QED) is 0.852. The van der Waals surface area contributed by atoms with Crippen molar-refractivity contribution >= 4 is 5.91 Å². The van der Waals surface area contributed by atoms with Crippen molar-refractivity contribution in [2.75, 3.05) is 6.54 Å². The number of carbonyl (C=O) groups is 1. The van der Waals surface area contributed by atoms with E-state index < -0.39 is 0 Å². The van der Waals surface area contributed by atoms with Gasteiger partial charge in [-0.3, -0.25) is 4.79 Å². The van der Waals surface area contributed by atoms with Gasteiger partial charge in [0.15, 0.2) is 0 Å². The normalized spacial score (nSPS) is 46.8. The van der Waals surface area contributed by atoms with E-state index in [9.17, 15) is 4.79 Å². The number of fused-ring (bicyclic) bond motifs is 4. The summed E-state index contributed by atoms with van der Waals surface area (Å²) in [6.07, 6.45) is 15.8. The van der Waals surface area contributed by atoms with Crippen LogP contribution in [0, 0.1) is 23.7 Å². The van der Waals surface area contributed by atoms with Crippen molar-refractivity contribution in [2.45, 2.75) is 95.2 Å². The Morgan fingerprint density at radius 2 is 1.79 bits per heavy atom. The summed E-state index contributed by atoms with van der Waals surface area (Å²) in [6, 6.07) is 2.01. The van der Waals surface area contributed by atoms with Crippen LogP contribution in [-0.4, -0.2) is 35.5 Å². The van der Waals surface area contributed by atoms with E-state index in [0.717, 1.165) is 30.7 Å². The summed E-state index contributed by atoms with van der Waals surface area (Å²) in [5.41, 5.74) is 0. The van der Waals surface area contributed by atoms with Crippen LogP contribution in [-0.2, 0) is 4.79 Å². The molecular formula is C21H34N2O. The number of carbonyl (C=O) groups excluding carboxylic acids is 1. The highest BCUT2D eigenvalue weighted by molar-refractivity contribution is 5.77. The smallest absolute Gasteiger partial charge is 0.223 e. The van der Waals surface area contributed by atoms with Crippen LogP contribution in [0.15, 0.2) is 0 Å². The van der Waals surface area contributed by atoms with Crippen LogP contribution in [0.4, 0.5) is 0 Å². The van der Waals surface area contributed by atoms with Gasteiger partial charge in [-0.25, -0.2) is 0 Å². The minimum absolute atomic E-state index is 0.493. The van der Waals surface area contributed by atoms with Gasteiger partial charge < -0.3 is 10.2 Å². The lowest BCUT2D eigenvalue weighted by molar-refractivity contribution is -0.133. The molecule has 3 heterocycles. The first-order chi connectivity index (χ1) is 11.7. The number of nitrogens with zero attached hydrogens (tertiary/aromatic N) is 1. The van der Waals surface area contributed by atoms with Crippen molar-refractivity contribution in [3.63, 3.8) is 0 Å². The molecular weight excluding hydrogens is 296 g/mol. The van der Waals surface area contributed by atoms with Crippen LogP contribution in [0.1, 0.15) is 77.0 Å². The number of hydrogen-bond donors (Lipinski definition) is 1. The van der Waals surface area contributed by atoms with Crippen LogP contribution < -0.4 is 5.32 Å². The second-order valence-corrected chi connectivity index (χ2v) is 9.73. The Bertz CT molecular complexity index is 480. The molecule has 134 valence electrons. The molecule has 3 aliphatic heterocycles. The Labute approximate surface area is 146 Å². The highest BCUT2D eigenvalue weighted by atomic mass is 16.2. The molecule has 0 aromatic heterocycles. The topological polar surface area (TPSA) is 32.3 Å². The number of likely N-dealkylation sites (tertiary alicyclic amines) is 1. The molecule has 0 spiro atoms. The maximum absolute atomic E-state index is 13.0. The Hall–Kier alpha value is -0.570. The SMILES string of the molecule is O=C(CC1CC2CCC(C1)N2)N1CCCC1CC1CC2CCC1C2. The van der Waals surface area contributed by atoms with Gasteiger partial charge in [-0.05, 0) is 87.9 Å². The predicted octanol–water partition coefficient (Wildman–Crippen LogP) is 3.72.